The fraction of sp³-hybridized carbons (Fsp3) is 0.286. The summed E-state index contributed by atoms with van der Waals surface area (Å²) in [5, 5.41) is 12.8. The molecule has 0 aliphatic rings. The second kappa shape index (κ2) is 6.04. The minimum absolute atomic E-state index is 0.0628. The van der Waals surface area contributed by atoms with Crippen LogP contribution in [0, 0.1) is 0 Å². The summed E-state index contributed by atoms with van der Waals surface area (Å²) < 4.78 is 4.59. The van der Waals surface area contributed by atoms with Crippen molar-refractivity contribution in [1.29, 1.82) is 0 Å². The lowest BCUT2D eigenvalue weighted by atomic mass is 10.0. The molecule has 0 bridgehead atoms. The van der Waals surface area contributed by atoms with Crippen LogP contribution in [0.25, 0.3) is 0 Å². The number of anilines is 1. The lowest BCUT2D eigenvalue weighted by Crippen LogP contribution is -2.10. The second-order valence-corrected chi connectivity index (χ2v) is 4.29. The summed E-state index contributed by atoms with van der Waals surface area (Å²) in [6.07, 6.45) is 0.353. The third kappa shape index (κ3) is 3.58. The molecule has 0 atom stereocenters. The maximum absolute atomic E-state index is 11.5. The van der Waals surface area contributed by atoms with Gasteiger partial charge in [-0.25, -0.2) is 4.79 Å². The van der Waals surface area contributed by atoms with E-state index in [2.05, 4.69) is 16.6 Å². The van der Waals surface area contributed by atoms with E-state index in [1.54, 1.807) is 13.0 Å². The number of nitrogens with one attached hydrogen (secondary N) is 1. The lowest BCUT2D eigenvalue weighted by Gasteiger charge is -2.14. The molecule has 1 aromatic carbocycles. The topological polar surface area (TPSA) is 75.6 Å². The molecular weight excluding hydrogens is 246 g/mol. The third-order valence-corrected chi connectivity index (χ3v) is 2.48. The van der Waals surface area contributed by atoms with Gasteiger partial charge in [-0.1, -0.05) is 12.2 Å². The number of amides is 1. The number of phenols is 1. The quantitative estimate of drug-likeness (QED) is 0.645. The molecule has 0 heterocycles. The van der Waals surface area contributed by atoms with Gasteiger partial charge in [0.15, 0.2) is 0 Å². The van der Waals surface area contributed by atoms with Crippen LogP contribution in [0.15, 0.2) is 24.3 Å². The van der Waals surface area contributed by atoms with Gasteiger partial charge in [-0.2, -0.15) is 0 Å². The number of aromatic hydroxyl groups is 1. The van der Waals surface area contributed by atoms with Gasteiger partial charge < -0.3 is 15.2 Å². The van der Waals surface area contributed by atoms with Crippen LogP contribution in [-0.2, 0) is 16.0 Å². The molecule has 0 aromatic heterocycles. The van der Waals surface area contributed by atoms with E-state index in [9.17, 15) is 14.7 Å². The molecule has 0 unspecified atom stereocenters. The SMILES string of the molecule is C=C(C)Cc1c(NC(C)=O)ccc(C(=O)OC)c1O. The Bertz CT molecular complexity index is 534. The molecule has 0 aliphatic heterocycles. The first-order chi connectivity index (χ1) is 8.86. The Balaban J connectivity index is 3.35. The van der Waals surface area contributed by atoms with Crippen molar-refractivity contribution in [3.63, 3.8) is 0 Å². The van der Waals surface area contributed by atoms with E-state index in [0.717, 1.165) is 5.57 Å². The van der Waals surface area contributed by atoms with E-state index in [4.69, 9.17) is 0 Å². The standard InChI is InChI=1S/C14H17NO4/c1-8(2)7-11-12(15-9(3)16)6-5-10(13(11)17)14(18)19-4/h5-6,17H,1,7H2,2-4H3,(H,15,16). The number of methoxy groups -OCH3 is 1. The largest absolute Gasteiger partial charge is 0.507 e. The number of rotatable bonds is 4. The average Bonchev–Trinajstić information content (AvgIpc) is 2.32. The fourth-order valence-electron chi connectivity index (χ4n) is 1.70. The molecule has 0 spiro atoms. The number of carbonyl (C=O) groups is 2. The summed E-state index contributed by atoms with van der Waals surface area (Å²) in [5.41, 5.74) is 1.77. The van der Waals surface area contributed by atoms with Crippen molar-refractivity contribution in [1.82, 2.24) is 0 Å². The number of benzene rings is 1. The number of ether oxygens (including phenoxy) is 1. The number of esters is 1. The smallest absolute Gasteiger partial charge is 0.341 e. The van der Waals surface area contributed by atoms with E-state index in [-0.39, 0.29) is 17.2 Å². The van der Waals surface area contributed by atoms with Crippen LogP contribution < -0.4 is 5.32 Å². The van der Waals surface area contributed by atoms with Gasteiger partial charge in [0.2, 0.25) is 5.91 Å². The van der Waals surface area contributed by atoms with E-state index >= 15 is 0 Å². The zero-order chi connectivity index (χ0) is 14.6. The van der Waals surface area contributed by atoms with E-state index in [0.29, 0.717) is 17.7 Å². The summed E-state index contributed by atoms with van der Waals surface area (Å²) in [6.45, 7) is 6.93. The van der Waals surface area contributed by atoms with Crippen LogP contribution in [0.5, 0.6) is 5.75 Å². The molecule has 5 heteroatoms. The maximum atomic E-state index is 11.5. The molecule has 2 N–H and O–H groups in total. The molecule has 0 aliphatic carbocycles. The summed E-state index contributed by atoms with van der Waals surface area (Å²) in [5.74, 6) is -1.08. The minimum atomic E-state index is -0.630. The molecule has 102 valence electrons. The number of hydrogen-bond acceptors (Lipinski definition) is 4. The predicted octanol–water partition coefficient (Wildman–Crippen LogP) is 2.26. The summed E-state index contributed by atoms with van der Waals surface area (Å²) in [4.78, 5) is 22.6. The molecule has 19 heavy (non-hydrogen) atoms. The van der Waals surface area contributed by atoms with Crippen molar-refractivity contribution in [3.05, 3.63) is 35.4 Å². The monoisotopic (exact) mass is 263 g/mol. The van der Waals surface area contributed by atoms with Gasteiger partial charge in [0.25, 0.3) is 0 Å². The van der Waals surface area contributed by atoms with Crippen LogP contribution in [0.1, 0.15) is 29.8 Å². The van der Waals surface area contributed by atoms with Gasteiger partial charge in [-0.05, 0) is 25.5 Å². The third-order valence-electron chi connectivity index (χ3n) is 2.48. The molecule has 0 fully saturated rings. The van der Waals surface area contributed by atoms with E-state index in [1.807, 2.05) is 0 Å². The Morgan fingerprint density at radius 2 is 2.00 bits per heavy atom. The number of allylic oxidation sites excluding steroid dienone is 1. The fourth-order valence-corrected chi connectivity index (χ4v) is 1.70. The van der Waals surface area contributed by atoms with Gasteiger partial charge >= 0.3 is 5.97 Å². The highest BCUT2D eigenvalue weighted by Crippen LogP contribution is 2.32. The minimum Gasteiger partial charge on any atom is -0.507 e. The molecule has 1 amide bonds. The zero-order valence-electron chi connectivity index (χ0n) is 11.2. The first kappa shape index (κ1) is 14.8. The first-order valence-electron chi connectivity index (χ1n) is 5.72. The molecule has 0 saturated carbocycles. The van der Waals surface area contributed by atoms with Crippen molar-refractivity contribution in [2.45, 2.75) is 20.3 Å². The van der Waals surface area contributed by atoms with Crippen LogP contribution >= 0.6 is 0 Å². The van der Waals surface area contributed by atoms with Crippen molar-refractivity contribution in [2.75, 3.05) is 12.4 Å². The summed E-state index contributed by atoms with van der Waals surface area (Å²) in [7, 11) is 1.24. The normalized spacial score (nSPS) is 9.84. The number of phenolic OH excluding ortho intramolecular Hbond substituents is 1. The van der Waals surface area contributed by atoms with Gasteiger partial charge in [-0.15, -0.1) is 0 Å². The maximum Gasteiger partial charge on any atom is 0.341 e. The van der Waals surface area contributed by atoms with Gasteiger partial charge in [0.05, 0.1) is 7.11 Å². The van der Waals surface area contributed by atoms with E-state index < -0.39 is 5.97 Å². The summed E-state index contributed by atoms with van der Waals surface area (Å²) >= 11 is 0. The Kier molecular flexibility index (Phi) is 4.69. The van der Waals surface area contributed by atoms with Crippen molar-refractivity contribution in [3.8, 4) is 5.75 Å². The Hall–Kier alpha value is -2.30. The van der Waals surface area contributed by atoms with Crippen LogP contribution in [0.4, 0.5) is 5.69 Å². The lowest BCUT2D eigenvalue weighted by molar-refractivity contribution is -0.114. The van der Waals surface area contributed by atoms with Crippen molar-refractivity contribution in [2.24, 2.45) is 0 Å². The molecule has 0 radical (unpaired) electrons. The van der Waals surface area contributed by atoms with Crippen LogP contribution in [-0.4, -0.2) is 24.1 Å². The number of carbonyl (C=O) groups excluding carboxylic acids is 2. The van der Waals surface area contributed by atoms with Gasteiger partial charge in [0.1, 0.15) is 11.3 Å². The van der Waals surface area contributed by atoms with Gasteiger partial charge in [0, 0.05) is 18.2 Å². The predicted molar refractivity (Wildman–Crippen MR) is 72.3 cm³/mol. The second-order valence-electron chi connectivity index (χ2n) is 4.29. The molecular formula is C14H17NO4. The van der Waals surface area contributed by atoms with Gasteiger partial charge in [-0.3, -0.25) is 4.79 Å². The van der Waals surface area contributed by atoms with Crippen LogP contribution in [0.3, 0.4) is 0 Å². The molecule has 1 rings (SSSR count). The Morgan fingerprint density at radius 3 is 2.47 bits per heavy atom. The molecule has 5 nitrogen and oxygen atoms in total. The van der Waals surface area contributed by atoms with Crippen LogP contribution in [0.2, 0.25) is 0 Å². The summed E-state index contributed by atoms with van der Waals surface area (Å²) in [6, 6.07) is 2.97. The van der Waals surface area contributed by atoms with Crippen molar-refractivity contribution < 1.29 is 19.4 Å². The zero-order valence-corrected chi connectivity index (χ0v) is 11.2. The highest BCUT2D eigenvalue weighted by Gasteiger charge is 2.18. The molecule has 1 aromatic rings. The Morgan fingerprint density at radius 1 is 1.37 bits per heavy atom. The van der Waals surface area contributed by atoms with Crippen molar-refractivity contribution >= 4 is 17.6 Å². The van der Waals surface area contributed by atoms with E-state index in [1.165, 1.54) is 20.1 Å². The highest BCUT2D eigenvalue weighted by molar-refractivity contribution is 5.96. The molecule has 0 saturated heterocycles. The average molecular weight is 263 g/mol. The Labute approximate surface area is 111 Å². The highest BCUT2D eigenvalue weighted by atomic mass is 16.5. The number of hydrogen-bond donors (Lipinski definition) is 2. The first-order valence-corrected chi connectivity index (χ1v) is 5.72.